The molecule has 3 nitrogen and oxygen atoms in total. The van der Waals surface area contributed by atoms with Crippen molar-refractivity contribution in [3.05, 3.63) is 35.4 Å². The molecule has 6 heteroatoms. The van der Waals surface area contributed by atoms with Crippen LogP contribution in [0.3, 0.4) is 0 Å². The predicted octanol–water partition coefficient (Wildman–Crippen LogP) is 2.32. The number of rotatable bonds is 2. The molecule has 0 amide bonds. The number of hydrogen-bond acceptors (Lipinski definition) is 2. The van der Waals surface area contributed by atoms with Gasteiger partial charge in [-0.2, -0.15) is 13.2 Å². The minimum Gasteiger partial charge on any atom is -0.308 e. The van der Waals surface area contributed by atoms with Gasteiger partial charge in [0.15, 0.2) is 0 Å². The maximum Gasteiger partial charge on any atom is 0.417 e. The molecule has 0 unspecified atom stereocenters. The van der Waals surface area contributed by atoms with Crippen LogP contribution in [0.4, 0.5) is 13.2 Å². The lowest BCUT2D eigenvalue weighted by molar-refractivity contribution is -0.137. The Morgan fingerprint density at radius 1 is 1.29 bits per heavy atom. The van der Waals surface area contributed by atoms with Crippen LogP contribution < -0.4 is 11.3 Å². The van der Waals surface area contributed by atoms with E-state index in [1.807, 2.05) is 0 Å². The summed E-state index contributed by atoms with van der Waals surface area (Å²) in [5.74, 6) is 5.25. The molecule has 3 N–H and O–H groups in total. The molecule has 1 rings (SSSR count). The maximum absolute atomic E-state index is 12.8. The smallest absolute Gasteiger partial charge is 0.308 e. The van der Waals surface area contributed by atoms with E-state index in [1.165, 1.54) is 18.2 Å². The molecule has 0 spiro atoms. The average molecular weight is 245 g/mol. The highest BCUT2D eigenvalue weighted by molar-refractivity contribution is 6.00. The number of benzene rings is 1. The fourth-order valence-corrected chi connectivity index (χ4v) is 1.38. The van der Waals surface area contributed by atoms with Crippen molar-refractivity contribution in [2.24, 2.45) is 10.8 Å². The van der Waals surface area contributed by atoms with Crippen molar-refractivity contribution >= 4 is 5.84 Å². The van der Waals surface area contributed by atoms with Gasteiger partial charge in [-0.3, -0.25) is 4.99 Å². The first-order valence-corrected chi connectivity index (χ1v) is 5.07. The first-order valence-electron chi connectivity index (χ1n) is 5.07. The Kier molecular flexibility index (Phi) is 4.11. The monoisotopic (exact) mass is 245 g/mol. The van der Waals surface area contributed by atoms with Crippen molar-refractivity contribution < 1.29 is 13.2 Å². The highest BCUT2D eigenvalue weighted by atomic mass is 19.4. The summed E-state index contributed by atoms with van der Waals surface area (Å²) in [6, 6.07) is 5.03. The summed E-state index contributed by atoms with van der Waals surface area (Å²) < 4.78 is 38.3. The molecule has 0 aliphatic heterocycles. The zero-order valence-corrected chi connectivity index (χ0v) is 9.55. The van der Waals surface area contributed by atoms with Gasteiger partial charge < -0.3 is 5.43 Å². The Morgan fingerprint density at radius 3 is 2.35 bits per heavy atom. The van der Waals surface area contributed by atoms with Gasteiger partial charge >= 0.3 is 6.18 Å². The average Bonchev–Trinajstić information content (AvgIpc) is 2.24. The molecule has 0 fully saturated rings. The van der Waals surface area contributed by atoms with Crippen molar-refractivity contribution in [1.82, 2.24) is 5.43 Å². The van der Waals surface area contributed by atoms with Crippen LogP contribution in [-0.2, 0) is 6.18 Å². The Bertz CT molecular complexity index is 411. The Morgan fingerprint density at radius 2 is 1.88 bits per heavy atom. The van der Waals surface area contributed by atoms with Gasteiger partial charge in [0.05, 0.1) is 5.56 Å². The molecule has 0 heterocycles. The lowest BCUT2D eigenvalue weighted by Gasteiger charge is -2.14. The third kappa shape index (κ3) is 3.45. The van der Waals surface area contributed by atoms with Crippen molar-refractivity contribution in [2.45, 2.75) is 26.1 Å². The fraction of sp³-hybridized carbons (Fsp3) is 0.364. The highest BCUT2D eigenvalue weighted by Crippen LogP contribution is 2.31. The zero-order valence-electron chi connectivity index (χ0n) is 9.55. The van der Waals surface area contributed by atoms with E-state index >= 15 is 0 Å². The van der Waals surface area contributed by atoms with Gasteiger partial charge in [0, 0.05) is 11.6 Å². The number of hydrogen-bond donors (Lipinski definition) is 2. The lowest BCUT2D eigenvalue weighted by Crippen LogP contribution is -2.33. The van der Waals surface area contributed by atoms with Gasteiger partial charge in [-0.1, -0.05) is 18.2 Å². The second-order valence-electron chi connectivity index (χ2n) is 3.76. The van der Waals surface area contributed by atoms with Crippen LogP contribution in [0.5, 0.6) is 0 Å². The van der Waals surface area contributed by atoms with Crippen LogP contribution in [0.15, 0.2) is 29.3 Å². The maximum atomic E-state index is 12.8. The van der Waals surface area contributed by atoms with Gasteiger partial charge in [-0.25, -0.2) is 5.84 Å². The van der Waals surface area contributed by atoms with Gasteiger partial charge in [0.2, 0.25) is 0 Å². The number of alkyl halides is 3. The van der Waals surface area contributed by atoms with Crippen LogP contribution in [0, 0.1) is 0 Å². The molecule has 0 bridgehead atoms. The number of nitrogens with two attached hydrogens (primary N) is 1. The van der Waals surface area contributed by atoms with Crippen LogP contribution in [0.25, 0.3) is 0 Å². The van der Waals surface area contributed by atoms with E-state index < -0.39 is 11.7 Å². The zero-order chi connectivity index (χ0) is 13.1. The highest BCUT2D eigenvalue weighted by Gasteiger charge is 2.34. The summed E-state index contributed by atoms with van der Waals surface area (Å²) in [6.45, 7) is 3.51. The van der Waals surface area contributed by atoms with Crippen LogP contribution in [-0.4, -0.2) is 11.9 Å². The largest absolute Gasteiger partial charge is 0.417 e. The number of amidine groups is 1. The van der Waals surface area contributed by atoms with Crippen LogP contribution >= 0.6 is 0 Å². The normalized spacial score (nSPS) is 13.0. The SMILES string of the molecule is CC(C)N=C(NN)c1ccccc1C(F)(F)F. The topological polar surface area (TPSA) is 50.4 Å². The van der Waals surface area contributed by atoms with E-state index in [1.54, 1.807) is 13.8 Å². The first kappa shape index (κ1) is 13.5. The summed E-state index contributed by atoms with van der Waals surface area (Å²) in [4.78, 5) is 4.02. The summed E-state index contributed by atoms with van der Waals surface area (Å²) >= 11 is 0. The minimum absolute atomic E-state index is 0.0351. The van der Waals surface area contributed by atoms with Gasteiger partial charge in [0.1, 0.15) is 5.84 Å². The first-order chi connectivity index (χ1) is 7.86. The van der Waals surface area contributed by atoms with E-state index in [0.717, 1.165) is 6.07 Å². The Labute approximate surface area is 97.5 Å². The lowest BCUT2D eigenvalue weighted by atomic mass is 10.1. The predicted molar refractivity (Wildman–Crippen MR) is 60.4 cm³/mol. The van der Waals surface area contributed by atoms with Crippen molar-refractivity contribution in [3.8, 4) is 0 Å². The molecule has 94 valence electrons. The van der Waals surface area contributed by atoms with E-state index in [-0.39, 0.29) is 17.4 Å². The van der Waals surface area contributed by atoms with Gasteiger partial charge in [0.25, 0.3) is 0 Å². The number of nitrogens with one attached hydrogen (secondary N) is 1. The molecular formula is C11H14F3N3. The molecule has 0 saturated heterocycles. The van der Waals surface area contributed by atoms with E-state index in [9.17, 15) is 13.2 Å². The standard InChI is InChI=1S/C11H14F3N3/c1-7(2)16-10(17-15)8-5-3-4-6-9(8)11(12,13)14/h3-7H,15H2,1-2H3,(H,16,17). The third-order valence-electron chi connectivity index (χ3n) is 2.01. The number of nitrogens with zero attached hydrogens (tertiary/aromatic N) is 1. The second kappa shape index (κ2) is 5.18. The van der Waals surface area contributed by atoms with E-state index in [4.69, 9.17) is 5.84 Å². The van der Waals surface area contributed by atoms with E-state index in [0.29, 0.717) is 0 Å². The fourth-order valence-electron chi connectivity index (χ4n) is 1.38. The van der Waals surface area contributed by atoms with E-state index in [2.05, 4.69) is 10.4 Å². The quantitative estimate of drug-likeness (QED) is 0.363. The third-order valence-corrected chi connectivity index (χ3v) is 2.01. The van der Waals surface area contributed by atoms with Gasteiger partial charge in [-0.05, 0) is 19.9 Å². The molecule has 1 aromatic rings. The number of halogens is 3. The second-order valence-corrected chi connectivity index (χ2v) is 3.76. The Balaban J connectivity index is 3.30. The van der Waals surface area contributed by atoms with Crippen molar-refractivity contribution in [1.29, 1.82) is 0 Å². The van der Waals surface area contributed by atoms with Gasteiger partial charge in [-0.15, -0.1) is 0 Å². The molecule has 0 atom stereocenters. The van der Waals surface area contributed by atoms with Crippen molar-refractivity contribution in [3.63, 3.8) is 0 Å². The molecule has 0 aliphatic carbocycles. The molecular weight excluding hydrogens is 231 g/mol. The minimum atomic E-state index is -4.43. The molecule has 0 aromatic heterocycles. The summed E-state index contributed by atoms with van der Waals surface area (Å²) in [7, 11) is 0. The van der Waals surface area contributed by atoms with Crippen LogP contribution in [0.2, 0.25) is 0 Å². The summed E-state index contributed by atoms with van der Waals surface area (Å²) in [5.41, 5.74) is 1.41. The number of aliphatic imine (C=N–C) groups is 1. The molecule has 0 aliphatic rings. The van der Waals surface area contributed by atoms with Crippen molar-refractivity contribution in [2.75, 3.05) is 0 Å². The summed E-state index contributed by atoms with van der Waals surface area (Å²) in [5, 5.41) is 0. The molecule has 17 heavy (non-hydrogen) atoms. The van der Waals surface area contributed by atoms with Crippen LogP contribution in [0.1, 0.15) is 25.0 Å². The number of hydrazine groups is 1. The molecule has 1 aromatic carbocycles. The molecule has 0 radical (unpaired) electrons. The molecule has 0 saturated carbocycles. The Hall–Kier alpha value is -1.56. The summed E-state index contributed by atoms with van der Waals surface area (Å²) in [6.07, 6.45) is -4.43.